The van der Waals surface area contributed by atoms with Gasteiger partial charge in [-0.25, -0.2) is 4.79 Å². The third kappa shape index (κ3) is 4.90. The third-order valence-corrected chi connectivity index (χ3v) is 5.41. The normalized spacial score (nSPS) is 22.7. The van der Waals surface area contributed by atoms with Crippen LogP contribution in [0.2, 0.25) is 0 Å². The summed E-state index contributed by atoms with van der Waals surface area (Å²) in [6.07, 6.45) is 3.20. The quantitative estimate of drug-likeness (QED) is 0.718. The molecule has 1 aromatic carbocycles. The van der Waals surface area contributed by atoms with Crippen LogP contribution < -0.4 is 10.6 Å². The van der Waals surface area contributed by atoms with Crippen molar-refractivity contribution in [3.05, 3.63) is 35.4 Å². The molecule has 3 atom stereocenters. The van der Waals surface area contributed by atoms with E-state index in [0.717, 1.165) is 36.9 Å². The molecule has 2 heterocycles. The lowest BCUT2D eigenvalue weighted by atomic mass is 10.1. The molecule has 0 spiro atoms. The highest BCUT2D eigenvalue weighted by Gasteiger charge is 2.38. The SMILES string of the molecule is Cc1ccc(COC(=O)[C@H](C)NC(=O)[C@@H]2CCCN2C(=O)[C@@H]2CCCN2)cc1. The highest BCUT2D eigenvalue weighted by atomic mass is 16.5. The van der Waals surface area contributed by atoms with Crippen molar-refractivity contribution in [2.45, 2.75) is 64.3 Å². The van der Waals surface area contributed by atoms with E-state index >= 15 is 0 Å². The van der Waals surface area contributed by atoms with E-state index in [9.17, 15) is 14.4 Å². The smallest absolute Gasteiger partial charge is 0.328 e. The average Bonchev–Trinajstić information content (AvgIpc) is 3.38. The predicted octanol–water partition coefficient (Wildman–Crippen LogP) is 1.29. The molecule has 0 bridgehead atoms. The Hall–Kier alpha value is -2.41. The summed E-state index contributed by atoms with van der Waals surface area (Å²) in [6, 6.07) is 6.27. The number of hydrogen-bond donors (Lipinski definition) is 2. The van der Waals surface area contributed by atoms with Gasteiger partial charge in [0.15, 0.2) is 0 Å². The summed E-state index contributed by atoms with van der Waals surface area (Å²) in [5, 5.41) is 5.91. The van der Waals surface area contributed by atoms with Crippen LogP contribution in [0.1, 0.15) is 43.7 Å². The van der Waals surface area contributed by atoms with Gasteiger partial charge in [-0.15, -0.1) is 0 Å². The molecular formula is C21H29N3O4. The maximum absolute atomic E-state index is 12.7. The van der Waals surface area contributed by atoms with Gasteiger partial charge in [-0.1, -0.05) is 29.8 Å². The molecule has 2 saturated heterocycles. The van der Waals surface area contributed by atoms with Crippen LogP contribution in [0.4, 0.5) is 0 Å². The first-order valence-electron chi connectivity index (χ1n) is 10.0. The van der Waals surface area contributed by atoms with E-state index in [4.69, 9.17) is 4.74 Å². The van der Waals surface area contributed by atoms with Crippen LogP contribution in [0.3, 0.4) is 0 Å². The molecule has 0 saturated carbocycles. The number of ether oxygens (including phenoxy) is 1. The van der Waals surface area contributed by atoms with Crippen molar-refractivity contribution in [3.63, 3.8) is 0 Å². The maximum Gasteiger partial charge on any atom is 0.328 e. The fraction of sp³-hybridized carbons (Fsp3) is 0.571. The van der Waals surface area contributed by atoms with Gasteiger partial charge < -0.3 is 20.3 Å². The number of carbonyl (C=O) groups is 3. The van der Waals surface area contributed by atoms with Crippen LogP contribution in [0, 0.1) is 6.92 Å². The molecule has 2 N–H and O–H groups in total. The topological polar surface area (TPSA) is 87.7 Å². The number of hydrogen-bond acceptors (Lipinski definition) is 5. The van der Waals surface area contributed by atoms with Gasteiger partial charge in [0.2, 0.25) is 11.8 Å². The summed E-state index contributed by atoms with van der Waals surface area (Å²) in [7, 11) is 0. The lowest BCUT2D eigenvalue weighted by molar-refractivity contribution is -0.149. The summed E-state index contributed by atoms with van der Waals surface area (Å²) in [4.78, 5) is 39.2. The van der Waals surface area contributed by atoms with Crippen molar-refractivity contribution in [3.8, 4) is 0 Å². The zero-order valence-electron chi connectivity index (χ0n) is 16.6. The Morgan fingerprint density at radius 1 is 1.21 bits per heavy atom. The van der Waals surface area contributed by atoms with Crippen LogP contribution in [0.15, 0.2) is 24.3 Å². The molecule has 0 aliphatic carbocycles. The molecule has 2 aliphatic heterocycles. The number of carbonyl (C=O) groups excluding carboxylic acids is 3. The van der Waals surface area contributed by atoms with Crippen molar-refractivity contribution >= 4 is 17.8 Å². The Kier molecular flexibility index (Phi) is 6.67. The van der Waals surface area contributed by atoms with E-state index in [-0.39, 0.29) is 24.5 Å². The lowest BCUT2D eigenvalue weighted by Gasteiger charge is -2.27. The first-order valence-corrected chi connectivity index (χ1v) is 10.0. The predicted molar refractivity (Wildman–Crippen MR) is 104 cm³/mol. The monoisotopic (exact) mass is 387 g/mol. The van der Waals surface area contributed by atoms with Crippen molar-refractivity contribution in [2.75, 3.05) is 13.1 Å². The van der Waals surface area contributed by atoms with E-state index in [2.05, 4.69) is 10.6 Å². The zero-order valence-corrected chi connectivity index (χ0v) is 16.6. The van der Waals surface area contributed by atoms with Crippen LogP contribution >= 0.6 is 0 Å². The molecule has 7 heteroatoms. The number of nitrogens with zero attached hydrogens (tertiary/aromatic N) is 1. The summed E-state index contributed by atoms with van der Waals surface area (Å²) in [5.74, 6) is -0.782. The van der Waals surface area contributed by atoms with Gasteiger partial charge in [-0.3, -0.25) is 9.59 Å². The number of amides is 2. The first-order chi connectivity index (χ1) is 13.5. The summed E-state index contributed by atoms with van der Waals surface area (Å²) < 4.78 is 5.30. The summed E-state index contributed by atoms with van der Waals surface area (Å²) >= 11 is 0. The van der Waals surface area contributed by atoms with Crippen LogP contribution in [-0.2, 0) is 25.7 Å². The van der Waals surface area contributed by atoms with Crippen molar-refractivity contribution in [1.29, 1.82) is 0 Å². The minimum absolute atomic E-state index is 0.00949. The number of aryl methyl sites for hydroxylation is 1. The Morgan fingerprint density at radius 2 is 1.96 bits per heavy atom. The zero-order chi connectivity index (χ0) is 20.1. The molecule has 28 heavy (non-hydrogen) atoms. The number of benzene rings is 1. The molecule has 0 radical (unpaired) electrons. The number of esters is 1. The summed E-state index contributed by atoms with van der Waals surface area (Å²) in [6.45, 7) is 5.19. The lowest BCUT2D eigenvalue weighted by Crippen LogP contribution is -2.53. The Labute approximate surface area is 165 Å². The van der Waals surface area contributed by atoms with Crippen LogP contribution in [-0.4, -0.2) is 53.9 Å². The molecule has 3 rings (SSSR count). The van der Waals surface area contributed by atoms with E-state index in [0.29, 0.717) is 13.0 Å². The summed E-state index contributed by atoms with van der Waals surface area (Å²) in [5.41, 5.74) is 2.04. The van der Waals surface area contributed by atoms with Crippen molar-refractivity contribution in [1.82, 2.24) is 15.5 Å². The first kappa shape index (κ1) is 20.3. The van der Waals surface area contributed by atoms with E-state index in [1.807, 2.05) is 31.2 Å². The van der Waals surface area contributed by atoms with Crippen molar-refractivity contribution in [2.24, 2.45) is 0 Å². The number of likely N-dealkylation sites (tertiary alicyclic amines) is 1. The van der Waals surface area contributed by atoms with E-state index < -0.39 is 18.1 Å². The molecule has 0 aromatic heterocycles. The molecule has 7 nitrogen and oxygen atoms in total. The van der Waals surface area contributed by atoms with E-state index in [1.54, 1.807) is 11.8 Å². The average molecular weight is 387 g/mol. The minimum atomic E-state index is -0.764. The Balaban J connectivity index is 1.50. The Bertz CT molecular complexity index is 713. The van der Waals surface area contributed by atoms with E-state index in [1.165, 1.54) is 0 Å². The molecule has 1 aromatic rings. The van der Waals surface area contributed by atoms with Crippen LogP contribution in [0.25, 0.3) is 0 Å². The standard InChI is InChI=1S/C21H29N3O4/c1-14-7-9-16(10-8-14)13-28-21(27)15(2)23-19(25)18-6-4-12-24(18)20(26)17-5-3-11-22-17/h7-10,15,17-18,22H,3-6,11-13H2,1-2H3,(H,23,25)/t15-,17-,18-/m0/s1. The van der Waals surface area contributed by atoms with Crippen molar-refractivity contribution < 1.29 is 19.1 Å². The molecule has 2 amide bonds. The second kappa shape index (κ2) is 9.19. The largest absolute Gasteiger partial charge is 0.459 e. The second-order valence-corrected chi connectivity index (χ2v) is 7.66. The molecule has 152 valence electrons. The van der Waals surface area contributed by atoms with Gasteiger partial charge in [-0.2, -0.15) is 0 Å². The van der Waals surface area contributed by atoms with Gasteiger partial charge >= 0.3 is 5.97 Å². The maximum atomic E-state index is 12.7. The molecule has 2 aliphatic rings. The minimum Gasteiger partial charge on any atom is -0.459 e. The fourth-order valence-electron chi connectivity index (χ4n) is 3.73. The van der Waals surface area contributed by atoms with Gasteiger partial charge in [0.05, 0.1) is 6.04 Å². The second-order valence-electron chi connectivity index (χ2n) is 7.66. The third-order valence-electron chi connectivity index (χ3n) is 5.41. The number of nitrogens with one attached hydrogen (secondary N) is 2. The molecular weight excluding hydrogens is 358 g/mol. The molecule has 0 unspecified atom stereocenters. The molecule has 2 fully saturated rings. The van der Waals surface area contributed by atoms with Gasteiger partial charge in [0.1, 0.15) is 18.7 Å². The highest BCUT2D eigenvalue weighted by Crippen LogP contribution is 2.21. The van der Waals surface area contributed by atoms with Gasteiger partial charge in [-0.05, 0) is 51.6 Å². The number of rotatable bonds is 6. The fourth-order valence-corrected chi connectivity index (χ4v) is 3.73. The van der Waals surface area contributed by atoms with Gasteiger partial charge in [0.25, 0.3) is 0 Å². The van der Waals surface area contributed by atoms with Gasteiger partial charge in [0, 0.05) is 6.54 Å². The Morgan fingerprint density at radius 3 is 2.64 bits per heavy atom. The van der Waals surface area contributed by atoms with Crippen LogP contribution in [0.5, 0.6) is 0 Å². The highest BCUT2D eigenvalue weighted by molar-refractivity contribution is 5.92.